The van der Waals surface area contributed by atoms with E-state index in [-0.39, 0.29) is 0 Å². The molecule has 1 heterocycles. The molecule has 0 aliphatic carbocycles. The Hall–Kier alpha value is -0.570. The van der Waals surface area contributed by atoms with Gasteiger partial charge in [-0.15, -0.1) is 0 Å². The maximum atomic E-state index is 5.38. The lowest BCUT2D eigenvalue weighted by Gasteiger charge is -2.00. The Kier molecular flexibility index (Phi) is 3.98. The summed E-state index contributed by atoms with van der Waals surface area (Å²) >= 11 is 0. The van der Waals surface area contributed by atoms with E-state index in [1.54, 1.807) is 0 Å². The zero-order chi connectivity index (χ0) is 7.94. The Labute approximate surface area is 68.1 Å². The van der Waals surface area contributed by atoms with Crippen molar-refractivity contribution < 1.29 is 0 Å². The van der Waals surface area contributed by atoms with Crippen LogP contribution in [0.5, 0.6) is 0 Å². The largest absolute Gasteiger partial charge is 0.372 e. The van der Waals surface area contributed by atoms with E-state index in [1.165, 1.54) is 18.7 Å². The summed E-state index contributed by atoms with van der Waals surface area (Å²) in [7, 11) is 0. The first-order chi connectivity index (χ1) is 5.43. The Morgan fingerprint density at radius 2 is 2.27 bits per heavy atom. The van der Waals surface area contributed by atoms with E-state index in [4.69, 9.17) is 5.73 Å². The monoisotopic (exact) mass is 155 g/mol. The quantitative estimate of drug-likeness (QED) is 0.568. The normalized spacial score (nSPS) is 16.3. The van der Waals surface area contributed by atoms with Crippen molar-refractivity contribution in [2.24, 2.45) is 10.7 Å². The molecule has 3 N–H and O–H groups in total. The van der Waals surface area contributed by atoms with Gasteiger partial charge in [0.15, 0.2) is 0 Å². The highest BCUT2D eigenvalue weighted by atomic mass is 15.1. The molecular formula is C8H17N3. The van der Waals surface area contributed by atoms with Crippen molar-refractivity contribution in [3.8, 4) is 0 Å². The Morgan fingerprint density at radius 3 is 2.91 bits per heavy atom. The van der Waals surface area contributed by atoms with Crippen LogP contribution in [0.2, 0.25) is 0 Å². The maximum absolute atomic E-state index is 5.38. The van der Waals surface area contributed by atoms with Crippen molar-refractivity contribution >= 4 is 5.84 Å². The molecule has 3 heteroatoms. The minimum atomic E-state index is 0.819. The van der Waals surface area contributed by atoms with E-state index in [0.717, 1.165) is 32.5 Å². The molecule has 0 amide bonds. The standard InChI is InChI=1S/C8H17N3/c9-5-3-1-2-4-8-10-6-7-11-8/h1-7,9H2,(H,10,11). The number of nitrogens with zero attached hydrogens (tertiary/aromatic N) is 1. The van der Waals surface area contributed by atoms with Crippen LogP contribution in [-0.4, -0.2) is 25.5 Å². The molecule has 0 saturated heterocycles. The molecule has 0 bridgehead atoms. The molecule has 0 atom stereocenters. The maximum Gasteiger partial charge on any atom is 0.0964 e. The molecule has 0 radical (unpaired) electrons. The molecule has 0 aromatic heterocycles. The number of aliphatic imine (C=N–C) groups is 1. The highest BCUT2D eigenvalue weighted by Crippen LogP contribution is 2.01. The van der Waals surface area contributed by atoms with Crippen molar-refractivity contribution in [3.63, 3.8) is 0 Å². The van der Waals surface area contributed by atoms with Gasteiger partial charge < -0.3 is 11.1 Å². The summed E-state index contributed by atoms with van der Waals surface area (Å²) in [5, 5.41) is 3.25. The molecule has 1 aliphatic heterocycles. The van der Waals surface area contributed by atoms with Gasteiger partial charge in [-0.3, -0.25) is 4.99 Å². The van der Waals surface area contributed by atoms with E-state index in [2.05, 4.69) is 10.3 Å². The highest BCUT2D eigenvalue weighted by Gasteiger charge is 2.02. The third kappa shape index (κ3) is 3.37. The Morgan fingerprint density at radius 1 is 1.36 bits per heavy atom. The Balaban J connectivity index is 1.94. The first kappa shape index (κ1) is 8.53. The van der Waals surface area contributed by atoms with Gasteiger partial charge >= 0.3 is 0 Å². The van der Waals surface area contributed by atoms with Crippen molar-refractivity contribution in [3.05, 3.63) is 0 Å². The molecule has 64 valence electrons. The topological polar surface area (TPSA) is 50.4 Å². The zero-order valence-corrected chi connectivity index (χ0v) is 6.97. The molecular weight excluding hydrogens is 138 g/mol. The number of unbranched alkanes of at least 4 members (excludes halogenated alkanes) is 2. The van der Waals surface area contributed by atoms with Crippen molar-refractivity contribution in [2.45, 2.75) is 25.7 Å². The van der Waals surface area contributed by atoms with Gasteiger partial charge in [0.1, 0.15) is 0 Å². The molecule has 0 aromatic carbocycles. The van der Waals surface area contributed by atoms with Crippen LogP contribution < -0.4 is 11.1 Å². The summed E-state index contributed by atoms with van der Waals surface area (Å²) in [6, 6.07) is 0. The minimum absolute atomic E-state index is 0.819. The van der Waals surface area contributed by atoms with Gasteiger partial charge in [-0.05, 0) is 19.4 Å². The van der Waals surface area contributed by atoms with E-state index < -0.39 is 0 Å². The lowest BCUT2D eigenvalue weighted by molar-refractivity contribution is 0.701. The van der Waals surface area contributed by atoms with Crippen LogP contribution in [-0.2, 0) is 0 Å². The average Bonchev–Trinajstić information content (AvgIpc) is 2.50. The first-order valence-electron chi connectivity index (χ1n) is 4.41. The second-order valence-electron chi connectivity index (χ2n) is 2.85. The zero-order valence-electron chi connectivity index (χ0n) is 6.97. The summed E-state index contributed by atoms with van der Waals surface area (Å²) in [6.45, 7) is 2.82. The number of nitrogens with one attached hydrogen (secondary N) is 1. The molecule has 11 heavy (non-hydrogen) atoms. The molecule has 3 nitrogen and oxygen atoms in total. The third-order valence-corrected chi connectivity index (χ3v) is 1.86. The van der Waals surface area contributed by atoms with Gasteiger partial charge in [0, 0.05) is 13.0 Å². The van der Waals surface area contributed by atoms with E-state index in [9.17, 15) is 0 Å². The summed E-state index contributed by atoms with van der Waals surface area (Å²) < 4.78 is 0. The van der Waals surface area contributed by atoms with Crippen LogP contribution in [0.1, 0.15) is 25.7 Å². The fourth-order valence-electron chi connectivity index (χ4n) is 1.23. The van der Waals surface area contributed by atoms with Crippen LogP contribution in [0.4, 0.5) is 0 Å². The summed E-state index contributed by atoms with van der Waals surface area (Å²) in [5.41, 5.74) is 5.38. The van der Waals surface area contributed by atoms with Crippen molar-refractivity contribution in [2.75, 3.05) is 19.6 Å². The van der Waals surface area contributed by atoms with E-state index in [1.807, 2.05) is 0 Å². The first-order valence-corrected chi connectivity index (χ1v) is 4.41. The second-order valence-corrected chi connectivity index (χ2v) is 2.85. The van der Waals surface area contributed by atoms with E-state index in [0.29, 0.717) is 0 Å². The van der Waals surface area contributed by atoms with Gasteiger partial charge in [0.05, 0.1) is 12.4 Å². The predicted octanol–water partition coefficient (Wildman–Crippen LogP) is 0.507. The SMILES string of the molecule is NCCCCCC1=NCCN1. The molecule has 0 aromatic rings. The predicted molar refractivity (Wildman–Crippen MR) is 47.8 cm³/mol. The summed E-state index contributed by atoms with van der Waals surface area (Å²) in [6.07, 6.45) is 4.72. The third-order valence-electron chi connectivity index (χ3n) is 1.86. The molecule has 1 aliphatic rings. The van der Waals surface area contributed by atoms with Crippen LogP contribution >= 0.6 is 0 Å². The number of amidine groups is 1. The van der Waals surface area contributed by atoms with Gasteiger partial charge in [-0.1, -0.05) is 6.42 Å². The summed E-state index contributed by atoms with van der Waals surface area (Å²) in [5.74, 6) is 1.20. The van der Waals surface area contributed by atoms with Crippen LogP contribution in [0.25, 0.3) is 0 Å². The lowest BCUT2D eigenvalue weighted by atomic mass is 10.2. The Bertz CT molecular complexity index is 131. The van der Waals surface area contributed by atoms with Crippen LogP contribution in [0.15, 0.2) is 4.99 Å². The number of nitrogens with two attached hydrogens (primary N) is 1. The molecule has 1 rings (SSSR count). The van der Waals surface area contributed by atoms with Crippen molar-refractivity contribution in [1.29, 1.82) is 0 Å². The average molecular weight is 155 g/mol. The molecule has 0 fully saturated rings. The molecule has 0 unspecified atom stereocenters. The number of rotatable bonds is 5. The van der Waals surface area contributed by atoms with Gasteiger partial charge in [-0.2, -0.15) is 0 Å². The fraction of sp³-hybridized carbons (Fsp3) is 0.875. The van der Waals surface area contributed by atoms with E-state index >= 15 is 0 Å². The van der Waals surface area contributed by atoms with Crippen LogP contribution in [0, 0.1) is 0 Å². The highest BCUT2D eigenvalue weighted by molar-refractivity contribution is 5.83. The lowest BCUT2D eigenvalue weighted by Crippen LogP contribution is -2.18. The fourth-order valence-corrected chi connectivity index (χ4v) is 1.23. The van der Waals surface area contributed by atoms with Gasteiger partial charge in [0.2, 0.25) is 0 Å². The van der Waals surface area contributed by atoms with Gasteiger partial charge in [0.25, 0.3) is 0 Å². The number of hydrogen-bond acceptors (Lipinski definition) is 3. The minimum Gasteiger partial charge on any atom is -0.372 e. The van der Waals surface area contributed by atoms with Crippen molar-refractivity contribution in [1.82, 2.24) is 5.32 Å². The summed E-state index contributed by atoms with van der Waals surface area (Å²) in [4.78, 5) is 4.31. The van der Waals surface area contributed by atoms with Gasteiger partial charge in [-0.25, -0.2) is 0 Å². The number of hydrogen-bond donors (Lipinski definition) is 2. The smallest absolute Gasteiger partial charge is 0.0964 e. The molecule has 0 saturated carbocycles. The van der Waals surface area contributed by atoms with Crippen LogP contribution in [0.3, 0.4) is 0 Å². The second kappa shape index (κ2) is 5.13. The molecule has 0 spiro atoms.